The van der Waals surface area contributed by atoms with Gasteiger partial charge in [-0.1, -0.05) is 18.2 Å². The van der Waals surface area contributed by atoms with E-state index in [0.29, 0.717) is 30.9 Å². The summed E-state index contributed by atoms with van der Waals surface area (Å²) in [6, 6.07) is 9.91. The predicted octanol–water partition coefficient (Wildman–Crippen LogP) is 1.91. The van der Waals surface area contributed by atoms with Gasteiger partial charge in [0.15, 0.2) is 5.69 Å². The first-order valence-corrected chi connectivity index (χ1v) is 10.5. The van der Waals surface area contributed by atoms with Crippen LogP contribution < -0.4 is 5.32 Å². The van der Waals surface area contributed by atoms with Crippen LogP contribution in [0.4, 0.5) is 0 Å². The summed E-state index contributed by atoms with van der Waals surface area (Å²) in [5, 5.41) is 11.4. The quantitative estimate of drug-likeness (QED) is 0.619. The third-order valence-electron chi connectivity index (χ3n) is 6.25. The Morgan fingerprint density at radius 2 is 1.97 bits per heavy atom. The SMILES string of the molecule is CN1CCC(NC(=O)c2n[nH]c3c2CN(C(=O)c2cc4ccccc4[nH]2)CC3)CC1. The van der Waals surface area contributed by atoms with Crippen molar-refractivity contribution in [1.29, 1.82) is 0 Å². The molecule has 0 bridgehead atoms. The van der Waals surface area contributed by atoms with E-state index in [-0.39, 0.29) is 17.9 Å². The van der Waals surface area contributed by atoms with Crippen LogP contribution in [0.1, 0.15) is 45.1 Å². The van der Waals surface area contributed by atoms with E-state index in [1.54, 1.807) is 4.90 Å². The van der Waals surface area contributed by atoms with Gasteiger partial charge in [0.25, 0.3) is 11.8 Å². The normalized spacial score (nSPS) is 17.8. The van der Waals surface area contributed by atoms with E-state index in [4.69, 9.17) is 0 Å². The maximum atomic E-state index is 13.1. The van der Waals surface area contributed by atoms with Gasteiger partial charge in [-0.2, -0.15) is 5.10 Å². The van der Waals surface area contributed by atoms with Crippen LogP contribution in [-0.2, 0) is 13.0 Å². The Kier molecular flexibility index (Phi) is 4.78. The highest BCUT2D eigenvalue weighted by molar-refractivity contribution is 5.98. The van der Waals surface area contributed by atoms with Crippen molar-refractivity contribution in [3.05, 3.63) is 53.0 Å². The summed E-state index contributed by atoms with van der Waals surface area (Å²) in [5.41, 5.74) is 3.71. The molecule has 1 saturated heterocycles. The molecule has 8 nitrogen and oxygen atoms in total. The molecule has 8 heteroatoms. The summed E-state index contributed by atoms with van der Waals surface area (Å²) in [7, 11) is 2.10. The van der Waals surface area contributed by atoms with Crippen LogP contribution in [0.25, 0.3) is 10.9 Å². The number of para-hydroxylation sites is 1. The molecule has 2 aliphatic rings. The van der Waals surface area contributed by atoms with Crippen LogP contribution in [0, 0.1) is 0 Å². The second kappa shape index (κ2) is 7.60. The summed E-state index contributed by atoms with van der Waals surface area (Å²) in [5.74, 6) is -0.207. The maximum Gasteiger partial charge on any atom is 0.272 e. The predicted molar refractivity (Wildman–Crippen MR) is 113 cm³/mol. The van der Waals surface area contributed by atoms with Gasteiger partial charge >= 0.3 is 0 Å². The molecule has 156 valence electrons. The van der Waals surface area contributed by atoms with Gasteiger partial charge in [-0.25, -0.2) is 0 Å². The highest BCUT2D eigenvalue weighted by Crippen LogP contribution is 2.23. The minimum atomic E-state index is -0.151. The average molecular weight is 406 g/mol. The van der Waals surface area contributed by atoms with Crippen LogP contribution in [-0.4, -0.2) is 69.5 Å². The Labute approximate surface area is 174 Å². The molecule has 2 aromatic heterocycles. The van der Waals surface area contributed by atoms with Gasteiger partial charge in [-0.15, -0.1) is 0 Å². The lowest BCUT2D eigenvalue weighted by Crippen LogP contribution is -2.44. The molecule has 1 aromatic carbocycles. The van der Waals surface area contributed by atoms with Crippen molar-refractivity contribution in [2.45, 2.75) is 31.8 Å². The molecular weight excluding hydrogens is 380 g/mol. The Bertz CT molecular complexity index is 1060. The molecule has 2 amide bonds. The van der Waals surface area contributed by atoms with Crippen molar-refractivity contribution < 1.29 is 9.59 Å². The highest BCUT2D eigenvalue weighted by Gasteiger charge is 2.30. The molecule has 0 unspecified atom stereocenters. The Morgan fingerprint density at radius 3 is 2.77 bits per heavy atom. The molecule has 4 heterocycles. The lowest BCUT2D eigenvalue weighted by Gasteiger charge is -2.29. The van der Waals surface area contributed by atoms with E-state index in [1.165, 1.54) is 0 Å². The number of fused-ring (bicyclic) bond motifs is 2. The standard InChI is InChI=1S/C22H26N6O2/c1-27-9-6-15(7-10-27)23-21(29)20-16-13-28(11-8-18(16)25-26-20)22(30)19-12-14-4-2-3-5-17(14)24-19/h2-5,12,15,24H,6-11,13H2,1H3,(H,23,29)(H,25,26). The summed E-state index contributed by atoms with van der Waals surface area (Å²) >= 11 is 0. The topological polar surface area (TPSA) is 97.1 Å². The van der Waals surface area contributed by atoms with Crippen LogP contribution in [0.3, 0.4) is 0 Å². The molecule has 0 atom stereocenters. The number of benzene rings is 1. The largest absolute Gasteiger partial charge is 0.351 e. The van der Waals surface area contributed by atoms with Crippen LogP contribution in [0.5, 0.6) is 0 Å². The third kappa shape index (κ3) is 3.47. The fraction of sp³-hybridized carbons (Fsp3) is 0.409. The number of aromatic nitrogens is 3. The van der Waals surface area contributed by atoms with E-state index in [9.17, 15) is 9.59 Å². The number of carbonyl (C=O) groups excluding carboxylic acids is 2. The Balaban J connectivity index is 1.31. The number of carbonyl (C=O) groups is 2. The molecule has 3 aromatic rings. The van der Waals surface area contributed by atoms with E-state index < -0.39 is 0 Å². The maximum absolute atomic E-state index is 13.1. The first kappa shape index (κ1) is 18.9. The minimum Gasteiger partial charge on any atom is -0.351 e. The monoisotopic (exact) mass is 406 g/mol. The molecule has 0 aliphatic carbocycles. The molecule has 0 spiro atoms. The fourth-order valence-corrected chi connectivity index (χ4v) is 4.42. The number of aromatic amines is 2. The number of hydrogen-bond acceptors (Lipinski definition) is 4. The fourth-order valence-electron chi connectivity index (χ4n) is 4.42. The van der Waals surface area contributed by atoms with Gasteiger partial charge in [0.2, 0.25) is 0 Å². The number of amides is 2. The lowest BCUT2D eigenvalue weighted by molar-refractivity contribution is 0.0725. The van der Waals surface area contributed by atoms with Crippen LogP contribution >= 0.6 is 0 Å². The first-order chi connectivity index (χ1) is 14.6. The summed E-state index contributed by atoms with van der Waals surface area (Å²) in [4.78, 5) is 33.2. The van der Waals surface area contributed by atoms with Gasteiger partial charge in [-0.3, -0.25) is 14.7 Å². The van der Waals surface area contributed by atoms with Crippen molar-refractivity contribution in [3.63, 3.8) is 0 Å². The molecule has 1 fully saturated rings. The van der Waals surface area contributed by atoms with Crippen molar-refractivity contribution in [1.82, 2.24) is 30.3 Å². The summed E-state index contributed by atoms with van der Waals surface area (Å²) in [6.07, 6.45) is 2.55. The number of H-pyrrole nitrogens is 2. The van der Waals surface area contributed by atoms with E-state index in [0.717, 1.165) is 48.1 Å². The molecule has 0 radical (unpaired) electrons. The second-order valence-electron chi connectivity index (χ2n) is 8.33. The third-order valence-corrected chi connectivity index (χ3v) is 6.25. The van der Waals surface area contributed by atoms with E-state index >= 15 is 0 Å². The van der Waals surface area contributed by atoms with Gasteiger partial charge < -0.3 is 20.1 Å². The van der Waals surface area contributed by atoms with Crippen LogP contribution in [0.15, 0.2) is 30.3 Å². The second-order valence-corrected chi connectivity index (χ2v) is 8.33. The van der Waals surface area contributed by atoms with Gasteiger partial charge in [0, 0.05) is 41.2 Å². The number of likely N-dealkylation sites (tertiary alicyclic amines) is 1. The number of piperidine rings is 1. The van der Waals surface area contributed by atoms with Crippen molar-refractivity contribution in [3.8, 4) is 0 Å². The zero-order chi connectivity index (χ0) is 20.7. The molecule has 2 aliphatic heterocycles. The lowest BCUT2D eigenvalue weighted by atomic mass is 10.0. The van der Waals surface area contributed by atoms with Gasteiger partial charge in [-0.05, 0) is 45.1 Å². The zero-order valence-corrected chi connectivity index (χ0v) is 17.1. The number of rotatable bonds is 3. The minimum absolute atomic E-state index is 0.0558. The van der Waals surface area contributed by atoms with Crippen molar-refractivity contribution >= 4 is 22.7 Å². The molecule has 5 rings (SSSR count). The summed E-state index contributed by atoms with van der Waals surface area (Å²) in [6.45, 7) is 2.95. The van der Waals surface area contributed by atoms with E-state index in [2.05, 4.69) is 32.4 Å². The zero-order valence-electron chi connectivity index (χ0n) is 17.1. The average Bonchev–Trinajstić information content (AvgIpc) is 3.38. The number of nitrogens with one attached hydrogen (secondary N) is 3. The van der Waals surface area contributed by atoms with E-state index in [1.807, 2.05) is 30.3 Å². The highest BCUT2D eigenvalue weighted by atomic mass is 16.2. The smallest absolute Gasteiger partial charge is 0.272 e. The molecule has 0 saturated carbocycles. The van der Waals surface area contributed by atoms with Crippen molar-refractivity contribution in [2.24, 2.45) is 0 Å². The molecule has 30 heavy (non-hydrogen) atoms. The van der Waals surface area contributed by atoms with Gasteiger partial charge in [0.05, 0.1) is 6.54 Å². The first-order valence-electron chi connectivity index (χ1n) is 10.5. The van der Waals surface area contributed by atoms with Gasteiger partial charge in [0.1, 0.15) is 5.69 Å². The summed E-state index contributed by atoms with van der Waals surface area (Å²) < 4.78 is 0. The van der Waals surface area contributed by atoms with Crippen LogP contribution in [0.2, 0.25) is 0 Å². The number of hydrogen-bond donors (Lipinski definition) is 3. The van der Waals surface area contributed by atoms with Crippen molar-refractivity contribution in [2.75, 3.05) is 26.7 Å². The number of nitrogens with zero attached hydrogens (tertiary/aromatic N) is 3. The molecule has 3 N–H and O–H groups in total. The Hall–Kier alpha value is -3.13. The molecular formula is C22H26N6O2. The Morgan fingerprint density at radius 1 is 1.17 bits per heavy atom.